The fourth-order valence-corrected chi connectivity index (χ4v) is 4.49. The highest BCUT2D eigenvalue weighted by Gasteiger charge is 2.34. The molecule has 1 amide bonds. The third-order valence-corrected chi connectivity index (χ3v) is 6.41. The number of carbonyl (C=O) groups is 1. The van der Waals surface area contributed by atoms with Gasteiger partial charge in [-0.1, -0.05) is 6.42 Å². The maximum absolute atomic E-state index is 13.2. The molecule has 1 aromatic carbocycles. The first-order valence-electron chi connectivity index (χ1n) is 11.3. The molecule has 0 radical (unpaired) electrons. The van der Waals surface area contributed by atoms with Crippen LogP contribution in [0.25, 0.3) is 0 Å². The minimum absolute atomic E-state index is 0.145. The van der Waals surface area contributed by atoms with Gasteiger partial charge >= 0.3 is 6.18 Å². The number of anilines is 1. The van der Waals surface area contributed by atoms with E-state index in [0.717, 1.165) is 45.0 Å². The van der Waals surface area contributed by atoms with Crippen molar-refractivity contribution < 1.29 is 18.0 Å². The fraction of sp³-hybridized carbons (Fsp3) is 0.609. The van der Waals surface area contributed by atoms with Crippen LogP contribution >= 0.6 is 0 Å². The molecule has 0 bridgehead atoms. The molecule has 1 aromatic rings. The van der Waals surface area contributed by atoms with E-state index in [-0.39, 0.29) is 17.5 Å². The zero-order valence-electron chi connectivity index (χ0n) is 18.5. The number of nitrogens with two attached hydrogens (primary N) is 1. The highest BCUT2D eigenvalue weighted by Crippen LogP contribution is 2.34. The van der Waals surface area contributed by atoms with Crippen molar-refractivity contribution in [3.63, 3.8) is 0 Å². The Morgan fingerprint density at radius 1 is 1.15 bits per heavy atom. The summed E-state index contributed by atoms with van der Waals surface area (Å²) in [7, 11) is 0. The number of nitriles is 2. The van der Waals surface area contributed by atoms with E-state index in [1.54, 1.807) is 17.0 Å². The van der Waals surface area contributed by atoms with Crippen molar-refractivity contribution in [2.75, 3.05) is 44.2 Å². The Bertz CT molecular complexity index is 914. The molecule has 0 spiro atoms. The van der Waals surface area contributed by atoms with Gasteiger partial charge in [0.1, 0.15) is 6.04 Å². The van der Waals surface area contributed by atoms with Gasteiger partial charge in [-0.05, 0) is 50.4 Å². The van der Waals surface area contributed by atoms with E-state index in [4.69, 9.17) is 16.3 Å². The van der Waals surface area contributed by atoms with Gasteiger partial charge in [-0.15, -0.1) is 0 Å². The number of alkyl halides is 3. The van der Waals surface area contributed by atoms with Crippen molar-refractivity contribution >= 4 is 11.6 Å². The van der Waals surface area contributed by atoms with Gasteiger partial charge in [-0.3, -0.25) is 9.69 Å². The normalized spacial score (nSPS) is 20.4. The van der Waals surface area contributed by atoms with Crippen molar-refractivity contribution in [1.82, 2.24) is 9.80 Å². The van der Waals surface area contributed by atoms with E-state index in [0.29, 0.717) is 38.2 Å². The smallest absolute Gasteiger partial charge is 0.369 e. The Kier molecular flexibility index (Phi) is 8.17. The number of nitrogens with zero attached hydrogens (tertiary/aromatic N) is 5. The summed E-state index contributed by atoms with van der Waals surface area (Å²) in [6, 6.07) is 6.68. The summed E-state index contributed by atoms with van der Waals surface area (Å²) in [6.45, 7) is 4.09. The Balaban J connectivity index is 1.41. The number of piperazine rings is 1. The zero-order valence-corrected chi connectivity index (χ0v) is 18.5. The van der Waals surface area contributed by atoms with Crippen LogP contribution in [0, 0.1) is 22.7 Å². The minimum Gasteiger partial charge on any atom is -0.369 e. The van der Waals surface area contributed by atoms with E-state index >= 15 is 0 Å². The van der Waals surface area contributed by atoms with Gasteiger partial charge in [0.25, 0.3) is 0 Å². The summed E-state index contributed by atoms with van der Waals surface area (Å²) in [6.07, 6.45) is -0.779. The first-order valence-corrected chi connectivity index (χ1v) is 11.3. The fourth-order valence-electron chi connectivity index (χ4n) is 4.49. The van der Waals surface area contributed by atoms with Gasteiger partial charge in [0.15, 0.2) is 0 Å². The summed E-state index contributed by atoms with van der Waals surface area (Å²) < 4.78 is 39.7. The van der Waals surface area contributed by atoms with Crippen molar-refractivity contribution in [3.8, 4) is 12.1 Å². The number of unbranched alkanes of at least 4 members (excludes halogenated alkanes) is 1. The average Bonchev–Trinajstić information content (AvgIpc) is 3.29. The molecule has 0 aromatic heterocycles. The van der Waals surface area contributed by atoms with Crippen LogP contribution in [0.15, 0.2) is 18.2 Å². The number of amides is 1. The number of carbonyl (C=O) groups excluding carboxylic acids is 1. The minimum atomic E-state index is -4.56. The second-order valence-electron chi connectivity index (χ2n) is 8.59. The van der Waals surface area contributed by atoms with E-state index in [1.807, 2.05) is 4.90 Å². The lowest BCUT2D eigenvalue weighted by Crippen LogP contribution is -2.47. The maximum atomic E-state index is 13.2. The molecule has 0 aliphatic carbocycles. The highest BCUT2D eigenvalue weighted by atomic mass is 19.4. The second-order valence-corrected chi connectivity index (χ2v) is 8.59. The van der Waals surface area contributed by atoms with Gasteiger partial charge in [0.2, 0.25) is 5.91 Å². The van der Waals surface area contributed by atoms with Crippen LogP contribution in [-0.4, -0.2) is 67.1 Å². The summed E-state index contributed by atoms with van der Waals surface area (Å²) in [5.74, 6) is -0.145. The van der Waals surface area contributed by atoms with E-state index < -0.39 is 17.8 Å². The molecule has 2 aliphatic rings. The molecule has 2 aliphatic heterocycles. The van der Waals surface area contributed by atoms with Crippen LogP contribution in [0.3, 0.4) is 0 Å². The quantitative estimate of drug-likeness (QED) is 0.626. The summed E-state index contributed by atoms with van der Waals surface area (Å²) in [4.78, 5) is 18.2. The van der Waals surface area contributed by atoms with Crippen LogP contribution in [0.1, 0.15) is 43.2 Å². The first-order chi connectivity index (χ1) is 15.7. The van der Waals surface area contributed by atoms with E-state index in [1.165, 1.54) is 6.07 Å². The van der Waals surface area contributed by atoms with Crippen LogP contribution in [0.5, 0.6) is 0 Å². The average molecular weight is 463 g/mol. The van der Waals surface area contributed by atoms with Gasteiger partial charge in [0, 0.05) is 38.4 Å². The van der Waals surface area contributed by atoms with Crippen LogP contribution in [-0.2, 0) is 11.0 Å². The Hall–Kier alpha value is -2.82. The molecule has 2 heterocycles. The third kappa shape index (κ3) is 6.16. The van der Waals surface area contributed by atoms with Crippen LogP contribution < -0.4 is 10.6 Å². The molecule has 2 atom stereocenters. The van der Waals surface area contributed by atoms with Crippen molar-refractivity contribution in [3.05, 3.63) is 29.3 Å². The van der Waals surface area contributed by atoms with Gasteiger partial charge in [0.05, 0.1) is 29.3 Å². The molecular weight excluding hydrogens is 433 g/mol. The molecule has 2 saturated heterocycles. The second kappa shape index (κ2) is 10.9. The standard InChI is InChI=1S/C23H29F3N6O/c24-23(25,26)20-14-18(7-6-17(20)15-27)31-12-10-30(11-13-31)8-2-1-5-21(29)22(33)32-9-3-4-19(32)16-28/h6-7,14,19,21H,1-5,8-13,29H2/t19-,21-/m0/s1. The monoisotopic (exact) mass is 462 g/mol. The van der Waals surface area contributed by atoms with Gasteiger partial charge in [-0.2, -0.15) is 23.7 Å². The number of hydrogen-bond donors (Lipinski definition) is 1. The number of rotatable bonds is 7. The summed E-state index contributed by atoms with van der Waals surface area (Å²) >= 11 is 0. The molecule has 178 valence electrons. The Morgan fingerprint density at radius 2 is 1.88 bits per heavy atom. The first kappa shape index (κ1) is 24.8. The highest BCUT2D eigenvalue weighted by molar-refractivity contribution is 5.82. The zero-order chi connectivity index (χ0) is 24.0. The molecule has 10 heteroatoms. The predicted octanol–water partition coefficient (Wildman–Crippen LogP) is 2.71. The SMILES string of the molecule is N#Cc1ccc(N2CCN(CCCC[C@H](N)C(=O)N3CCC[C@H]3C#N)CC2)cc1C(F)(F)F. The van der Waals surface area contributed by atoms with Crippen LogP contribution in [0.4, 0.5) is 18.9 Å². The van der Waals surface area contributed by atoms with Crippen molar-refractivity contribution in [2.24, 2.45) is 5.73 Å². The van der Waals surface area contributed by atoms with Crippen LogP contribution in [0.2, 0.25) is 0 Å². The van der Waals surface area contributed by atoms with E-state index in [2.05, 4.69) is 11.0 Å². The van der Waals surface area contributed by atoms with Crippen molar-refractivity contribution in [2.45, 2.75) is 50.4 Å². The number of hydrogen-bond acceptors (Lipinski definition) is 6. The summed E-state index contributed by atoms with van der Waals surface area (Å²) in [5.41, 5.74) is 5.27. The third-order valence-electron chi connectivity index (χ3n) is 6.41. The molecule has 2 fully saturated rings. The summed E-state index contributed by atoms with van der Waals surface area (Å²) in [5, 5.41) is 18.1. The number of halogens is 3. The van der Waals surface area contributed by atoms with Crippen molar-refractivity contribution in [1.29, 1.82) is 10.5 Å². The predicted molar refractivity (Wildman–Crippen MR) is 117 cm³/mol. The van der Waals surface area contributed by atoms with Gasteiger partial charge in [-0.25, -0.2) is 0 Å². The Labute approximate surface area is 192 Å². The molecule has 0 saturated carbocycles. The lowest BCUT2D eigenvalue weighted by atomic mass is 10.1. The largest absolute Gasteiger partial charge is 0.417 e. The lowest BCUT2D eigenvalue weighted by Gasteiger charge is -2.36. The lowest BCUT2D eigenvalue weighted by molar-refractivity contribution is -0.137. The number of benzene rings is 1. The molecule has 3 rings (SSSR count). The molecule has 0 unspecified atom stereocenters. The molecular formula is C23H29F3N6O. The molecule has 7 nitrogen and oxygen atoms in total. The Morgan fingerprint density at radius 3 is 2.52 bits per heavy atom. The number of likely N-dealkylation sites (tertiary alicyclic amines) is 1. The van der Waals surface area contributed by atoms with Gasteiger partial charge < -0.3 is 15.5 Å². The van der Waals surface area contributed by atoms with E-state index in [9.17, 15) is 18.0 Å². The topological polar surface area (TPSA) is 100 Å². The molecule has 33 heavy (non-hydrogen) atoms. The molecule has 2 N–H and O–H groups in total. The maximum Gasteiger partial charge on any atom is 0.417 e.